The van der Waals surface area contributed by atoms with Gasteiger partial charge in [-0.05, 0) is 61.7 Å². The summed E-state index contributed by atoms with van der Waals surface area (Å²) in [4.78, 5) is 24.3. The molecule has 0 saturated heterocycles. The highest BCUT2D eigenvalue weighted by atomic mass is 16.5. The molecule has 0 heterocycles. The average Bonchev–Trinajstić information content (AvgIpc) is 2.62. The Kier molecular flexibility index (Phi) is 6.17. The normalized spacial score (nSPS) is 11.5. The van der Waals surface area contributed by atoms with Gasteiger partial charge in [0, 0.05) is 6.54 Å². The van der Waals surface area contributed by atoms with Gasteiger partial charge in [-0.25, -0.2) is 4.79 Å². The first-order chi connectivity index (χ1) is 11.9. The summed E-state index contributed by atoms with van der Waals surface area (Å²) >= 11 is 0. The Morgan fingerprint density at radius 3 is 2.32 bits per heavy atom. The molecule has 2 rings (SSSR count). The van der Waals surface area contributed by atoms with Gasteiger partial charge in [-0.3, -0.25) is 4.79 Å². The molecular weight excluding hydrogens is 318 g/mol. The molecule has 25 heavy (non-hydrogen) atoms. The molecule has 0 aromatic heterocycles. The number of aryl methyl sites for hydroxylation is 2. The van der Waals surface area contributed by atoms with Crippen LogP contribution in [0.3, 0.4) is 0 Å². The number of methoxy groups -OCH3 is 1. The van der Waals surface area contributed by atoms with Gasteiger partial charge in [0.2, 0.25) is 0 Å². The fourth-order valence-electron chi connectivity index (χ4n) is 2.23. The van der Waals surface area contributed by atoms with Crippen LogP contribution in [-0.4, -0.2) is 25.1 Å². The van der Waals surface area contributed by atoms with Crippen molar-refractivity contribution >= 4 is 11.9 Å². The molecule has 0 unspecified atom stereocenters. The first-order valence-corrected chi connectivity index (χ1v) is 8.09. The third-order valence-corrected chi connectivity index (χ3v) is 4.02. The number of carbonyl (C=O) groups excluding carboxylic acids is 2. The molecule has 1 N–H and O–H groups in total. The van der Waals surface area contributed by atoms with Crippen LogP contribution in [0.1, 0.15) is 34.0 Å². The molecular formula is C20H23NO4. The van der Waals surface area contributed by atoms with Gasteiger partial charge < -0.3 is 14.8 Å². The van der Waals surface area contributed by atoms with E-state index in [1.807, 2.05) is 44.2 Å². The van der Waals surface area contributed by atoms with Crippen molar-refractivity contribution in [2.75, 3.05) is 7.11 Å². The summed E-state index contributed by atoms with van der Waals surface area (Å²) in [7, 11) is 1.60. The zero-order valence-electron chi connectivity index (χ0n) is 15.0. The van der Waals surface area contributed by atoms with E-state index in [1.54, 1.807) is 26.2 Å². The Balaban J connectivity index is 1.88. The molecule has 1 amide bonds. The highest BCUT2D eigenvalue weighted by Crippen LogP contribution is 2.13. The summed E-state index contributed by atoms with van der Waals surface area (Å²) in [6.07, 6.45) is -0.868. The van der Waals surface area contributed by atoms with Crippen LogP contribution in [-0.2, 0) is 16.1 Å². The number of nitrogens with one attached hydrogen (secondary N) is 1. The minimum absolute atomic E-state index is 0.340. The van der Waals surface area contributed by atoms with Gasteiger partial charge in [0.05, 0.1) is 12.7 Å². The number of amides is 1. The topological polar surface area (TPSA) is 64.6 Å². The molecule has 0 fully saturated rings. The number of hydrogen-bond acceptors (Lipinski definition) is 4. The fourth-order valence-corrected chi connectivity index (χ4v) is 2.23. The monoisotopic (exact) mass is 341 g/mol. The highest BCUT2D eigenvalue weighted by Gasteiger charge is 2.19. The van der Waals surface area contributed by atoms with E-state index in [4.69, 9.17) is 9.47 Å². The van der Waals surface area contributed by atoms with Gasteiger partial charge in [-0.15, -0.1) is 0 Å². The summed E-state index contributed by atoms with van der Waals surface area (Å²) in [6, 6.07) is 12.7. The van der Waals surface area contributed by atoms with E-state index in [-0.39, 0.29) is 5.91 Å². The van der Waals surface area contributed by atoms with Crippen LogP contribution in [0.4, 0.5) is 0 Å². The van der Waals surface area contributed by atoms with E-state index in [1.165, 1.54) is 0 Å². The molecule has 0 bridgehead atoms. The van der Waals surface area contributed by atoms with Crippen molar-refractivity contribution < 1.29 is 19.1 Å². The minimum Gasteiger partial charge on any atom is -0.497 e. The molecule has 1 atom stereocenters. The third-order valence-electron chi connectivity index (χ3n) is 4.02. The van der Waals surface area contributed by atoms with Crippen molar-refractivity contribution in [2.45, 2.75) is 33.4 Å². The van der Waals surface area contributed by atoms with Gasteiger partial charge in [0.15, 0.2) is 6.10 Å². The summed E-state index contributed by atoms with van der Waals surface area (Å²) in [5, 5.41) is 2.76. The standard InChI is InChI=1S/C20H23NO4/c1-13-5-8-17(11-14(13)2)20(23)25-15(3)19(22)21-12-16-6-9-18(24-4)10-7-16/h5-11,15H,12H2,1-4H3,(H,21,22)/t15-/m0/s1. The van der Waals surface area contributed by atoms with Crippen molar-refractivity contribution in [3.8, 4) is 5.75 Å². The molecule has 0 aliphatic carbocycles. The van der Waals surface area contributed by atoms with Gasteiger partial charge in [-0.2, -0.15) is 0 Å². The Morgan fingerprint density at radius 2 is 1.72 bits per heavy atom. The predicted molar refractivity (Wildman–Crippen MR) is 95.6 cm³/mol. The van der Waals surface area contributed by atoms with Gasteiger partial charge >= 0.3 is 5.97 Å². The molecule has 0 radical (unpaired) electrons. The largest absolute Gasteiger partial charge is 0.497 e. The summed E-state index contributed by atoms with van der Waals surface area (Å²) in [6.45, 7) is 5.81. The zero-order chi connectivity index (χ0) is 18.4. The van der Waals surface area contributed by atoms with Gasteiger partial charge in [0.25, 0.3) is 5.91 Å². The van der Waals surface area contributed by atoms with Gasteiger partial charge in [0.1, 0.15) is 5.75 Å². The lowest BCUT2D eigenvalue weighted by molar-refractivity contribution is -0.129. The maximum Gasteiger partial charge on any atom is 0.338 e. The first kappa shape index (κ1) is 18.5. The van der Waals surface area contributed by atoms with Gasteiger partial charge in [-0.1, -0.05) is 18.2 Å². The quantitative estimate of drug-likeness (QED) is 0.820. The van der Waals surface area contributed by atoms with E-state index >= 15 is 0 Å². The maximum atomic E-state index is 12.2. The van der Waals surface area contributed by atoms with Crippen LogP contribution in [0, 0.1) is 13.8 Å². The Bertz CT molecular complexity index is 753. The molecule has 2 aromatic carbocycles. The summed E-state index contributed by atoms with van der Waals surface area (Å²) in [5.41, 5.74) is 3.48. The number of hydrogen-bond donors (Lipinski definition) is 1. The molecule has 2 aromatic rings. The number of esters is 1. The Hall–Kier alpha value is -2.82. The van der Waals surface area contributed by atoms with Crippen molar-refractivity contribution in [3.63, 3.8) is 0 Å². The second-order valence-corrected chi connectivity index (χ2v) is 5.91. The van der Waals surface area contributed by atoms with E-state index in [9.17, 15) is 9.59 Å². The number of carbonyl (C=O) groups is 2. The van der Waals surface area contributed by atoms with Crippen molar-refractivity contribution in [2.24, 2.45) is 0 Å². The van der Waals surface area contributed by atoms with Crippen LogP contribution in [0.2, 0.25) is 0 Å². The lowest BCUT2D eigenvalue weighted by Crippen LogP contribution is -2.35. The smallest absolute Gasteiger partial charge is 0.338 e. The van der Waals surface area contributed by atoms with E-state index < -0.39 is 12.1 Å². The zero-order valence-corrected chi connectivity index (χ0v) is 15.0. The van der Waals surface area contributed by atoms with E-state index in [2.05, 4.69) is 5.32 Å². The van der Waals surface area contributed by atoms with Crippen LogP contribution in [0.15, 0.2) is 42.5 Å². The lowest BCUT2D eigenvalue weighted by atomic mass is 10.1. The summed E-state index contributed by atoms with van der Waals surface area (Å²) in [5.74, 6) is -0.0889. The Morgan fingerprint density at radius 1 is 1.04 bits per heavy atom. The molecule has 5 heteroatoms. The van der Waals surface area contributed by atoms with Crippen molar-refractivity contribution in [1.29, 1.82) is 0 Å². The molecule has 0 aliphatic rings. The molecule has 5 nitrogen and oxygen atoms in total. The Labute approximate surface area is 148 Å². The summed E-state index contributed by atoms with van der Waals surface area (Å²) < 4.78 is 10.3. The number of rotatable bonds is 6. The highest BCUT2D eigenvalue weighted by molar-refractivity contribution is 5.92. The lowest BCUT2D eigenvalue weighted by Gasteiger charge is -2.14. The van der Waals surface area contributed by atoms with E-state index in [0.717, 1.165) is 22.4 Å². The second-order valence-electron chi connectivity index (χ2n) is 5.91. The molecule has 132 valence electrons. The molecule has 0 aliphatic heterocycles. The maximum absolute atomic E-state index is 12.2. The second kappa shape index (κ2) is 8.33. The van der Waals surface area contributed by atoms with Crippen LogP contribution in [0.25, 0.3) is 0 Å². The van der Waals surface area contributed by atoms with E-state index in [0.29, 0.717) is 12.1 Å². The van der Waals surface area contributed by atoms with Crippen molar-refractivity contribution in [1.82, 2.24) is 5.32 Å². The number of benzene rings is 2. The van der Waals surface area contributed by atoms with Crippen molar-refractivity contribution in [3.05, 3.63) is 64.7 Å². The fraction of sp³-hybridized carbons (Fsp3) is 0.300. The SMILES string of the molecule is COc1ccc(CNC(=O)[C@H](C)OC(=O)c2ccc(C)c(C)c2)cc1. The average molecular weight is 341 g/mol. The number of ether oxygens (including phenoxy) is 2. The molecule has 0 spiro atoms. The third kappa shape index (κ3) is 5.08. The minimum atomic E-state index is -0.868. The van der Waals surface area contributed by atoms with Crippen LogP contribution in [0.5, 0.6) is 5.75 Å². The first-order valence-electron chi connectivity index (χ1n) is 8.09. The van der Waals surface area contributed by atoms with Crippen LogP contribution >= 0.6 is 0 Å². The molecule has 0 saturated carbocycles. The van der Waals surface area contributed by atoms with Crippen LogP contribution < -0.4 is 10.1 Å². The predicted octanol–water partition coefficient (Wildman–Crippen LogP) is 3.17.